The van der Waals surface area contributed by atoms with Gasteiger partial charge in [-0.15, -0.1) is 10.2 Å². The molecule has 0 spiro atoms. The second-order valence-corrected chi connectivity index (χ2v) is 4.20. The lowest BCUT2D eigenvalue weighted by atomic mass is 10.4. The molecule has 0 aromatic carbocycles. The van der Waals surface area contributed by atoms with E-state index in [1.165, 1.54) is 0 Å². The number of hydrogen-bond acceptors (Lipinski definition) is 4. The van der Waals surface area contributed by atoms with Crippen LogP contribution in [0.2, 0.25) is 0 Å². The van der Waals surface area contributed by atoms with Crippen molar-refractivity contribution in [2.45, 2.75) is 32.5 Å². The molecule has 0 bridgehead atoms. The summed E-state index contributed by atoms with van der Waals surface area (Å²) < 4.78 is 35.9. The minimum atomic E-state index is -4.20. The Kier molecular flexibility index (Phi) is 4.46. The highest BCUT2D eigenvalue weighted by Crippen LogP contribution is 2.23. The number of nitrogens with one attached hydrogen (secondary N) is 1. The van der Waals surface area contributed by atoms with Gasteiger partial charge in [0, 0.05) is 6.54 Å². The number of nitrogens with zero attached hydrogens (tertiary/aromatic N) is 2. The summed E-state index contributed by atoms with van der Waals surface area (Å²) in [6.45, 7) is 3.33. The monoisotopic (exact) mass is 239 g/mol. The van der Waals surface area contributed by atoms with Crippen LogP contribution in [0.4, 0.5) is 13.2 Å². The molecule has 1 heterocycles. The lowest BCUT2D eigenvalue weighted by Gasteiger charge is -2.00. The molecule has 0 saturated carbocycles. The van der Waals surface area contributed by atoms with E-state index in [0.717, 1.165) is 24.3 Å². The Labute approximate surface area is 89.7 Å². The van der Waals surface area contributed by atoms with Crippen molar-refractivity contribution in [1.82, 2.24) is 15.5 Å². The largest absolute Gasteiger partial charge is 0.395 e. The zero-order chi connectivity index (χ0) is 11.3. The number of halogens is 3. The van der Waals surface area contributed by atoms with Gasteiger partial charge in [0.25, 0.3) is 0 Å². The fourth-order valence-corrected chi connectivity index (χ4v) is 1.82. The first-order valence-corrected chi connectivity index (χ1v) is 5.41. The molecule has 0 aliphatic carbocycles. The van der Waals surface area contributed by atoms with Gasteiger partial charge in [0.15, 0.2) is 0 Å². The van der Waals surface area contributed by atoms with E-state index in [4.69, 9.17) is 0 Å². The highest BCUT2D eigenvalue weighted by molar-refractivity contribution is 7.11. The molecule has 0 aliphatic heterocycles. The molecule has 7 heteroatoms. The lowest BCUT2D eigenvalue weighted by molar-refractivity contribution is -0.127. The maximum Gasteiger partial charge on any atom is 0.395 e. The Hall–Kier alpha value is -0.690. The molecule has 1 N–H and O–H groups in total. The van der Waals surface area contributed by atoms with E-state index in [-0.39, 0.29) is 5.01 Å². The fraction of sp³-hybridized carbons (Fsp3) is 0.750. The van der Waals surface area contributed by atoms with E-state index < -0.39 is 12.6 Å². The minimum Gasteiger partial charge on any atom is -0.310 e. The molecule has 0 atom stereocenters. The van der Waals surface area contributed by atoms with E-state index in [1.54, 1.807) is 0 Å². The lowest BCUT2D eigenvalue weighted by Crippen LogP contribution is -2.13. The summed E-state index contributed by atoms with van der Waals surface area (Å²) in [4.78, 5) is 0. The van der Waals surface area contributed by atoms with Crippen LogP contribution >= 0.6 is 11.3 Å². The molecule has 0 radical (unpaired) electrons. The Morgan fingerprint density at radius 3 is 2.53 bits per heavy atom. The van der Waals surface area contributed by atoms with Gasteiger partial charge in [-0.05, 0) is 13.0 Å². The topological polar surface area (TPSA) is 37.8 Å². The van der Waals surface area contributed by atoms with Crippen LogP contribution in [0, 0.1) is 0 Å². The van der Waals surface area contributed by atoms with Crippen molar-refractivity contribution in [3.63, 3.8) is 0 Å². The fourth-order valence-electron chi connectivity index (χ4n) is 0.975. The molecule has 0 unspecified atom stereocenters. The second kappa shape index (κ2) is 5.41. The summed E-state index contributed by atoms with van der Waals surface area (Å²) in [7, 11) is 0. The van der Waals surface area contributed by atoms with Crippen LogP contribution in [-0.2, 0) is 13.0 Å². The zero-order valence-corrected chi connectivity index (χ0v) is 9.08. The van der Waals surface area contributed by atoms with Gasteiger partial charge in [0.05, 0.1) is 6.42 Å². The predicted molar refractivity (Wildman–Crippen MR) is 51.7 cm³/mol. The Bertz CT molecular complexity index is 298. The van der Waals surface area contributed by atoms with Gasteiger partial charge in [-0.1, -0.05) is 18.3 Å². The predicted octanol–water partition coefficient (Wildman–Crippen LogP) is 2.14. The third-order valence-corrected chi connectivity index (χ3v) is 2.49. The van der Waals surface area contributed by atoms with Crippen molar-refractivity contribution in [2.24, 2.45) is 0 Å². The Balaban J connectivity index is 2.42. The molecule has 0 aliphatic rings. The normalized spacial score (nSPS) is 12.0. The molecular formula is C8H12F3N3S. The molecule has 86 valence electrons. The SMILES string of the molecule is CCCNCc1nnc(CC(F)(F)F)s1. The summed E-state index contributed by atoms with van der Waals surface area (Å²) in [5.41, 5.74) is 0. The van der Waals surface area contributed by atoms with Gasteiger partial charge in [-0.25, -0.2) is 0 Å². The van der Waals surface area contributed by atoms with Gasteiger partial charge in [0.2, 0.25) is 0 Å². The first kappa shape index (κ1) is 12.4. The van der Waals surface area contributed by atoms with Crippen LogP contribution in [-0.4, -0.2) is 22.9 Å². The van der Waals surface area contributed by atoms with Crippen molar-refractivity contribution >= 4 is 11.3 Å². The standard InChI is InChI=1S/C8H12F3N3S/c1-2-3-12-5-7-14-13-6(15-7)4-8(9,10)11/h12H,2-5H2,1H3. The van der Waals surface area contributed by atoms with E-state index in [1.807, 2.05) is 6.92 Å². The number of aromatic nitrogens is 2. The average molecular weight is 239 g/mol. The number of alkyl halides is 3. The highest BCUT2D eigenvalue weighted by Gasteiger charge is 2.29. The van der Waals surface area contributed by atoms with Crippen LogP contribution in [0.1, 0.15) is 23.4 Å². The van der Waals surface area contributed by atoms with Crippen molar-refractivity contribution in [1.29, 1.82) is 0 Å². The molecule has 1 aromatic rings. The summed E-state index contributed by atoms with van der Waals surface area (Å²) in [6.07, 6.45) is -4.21. The van der Waals surface area contributed by atoms with E-state index in [2.05, 4.69) is 15.5 Å². The molecule has 3 nitrogen and oxygen atoms in total. The average Bonchev–Trinajstić information content (AvgIpc) is 2.50. The maximum absolute atomic E-state index is 12.0. The van der Waals surface area contributed by atoms with E-state index in [9.17, 15) is 13.2 Å². The van der Waals surface area contributed by atoms with Gasteiger partial charge in [0.1, 0.15) is 10.0 Å². The summed E-state index contributed by atoms with van der Waals surface area (Å²) in [5, 5.41) is 10.8. The second-order valence-electron chi connectivity index (χ2n) is 3.06. The van der Waals surface area contributed by atoms with Gasteiger partial charge in [-0.3, -0.25) is 0 Å². The van der Waals surface area contributed by atoms with Crippen LogP contribution in [0.5, 0.6) is 0 Å². The number of hydrogen-bond donors (Lipinski definition) is 1. The molecule has 0 amide bonds. The molecule has 0 fully saturated rings. The number of rotatable bonds is 5. The van der Waals surface area contributed by atoms with Crippen LogP contribution in [0.3, 0.4) is 0 Å². The third-order valence-electron chi connectivity index (χ3n) is 1.56. The van der Waals surface area contributed by atoms with Crippen LogP contribution < -0.4 is 5.32 Å². The first-order valence-electron chi connectivity index (χ1n) is 4.60. The molecule has 1 rings (SSSR count). The molecular weight excluding hydrogens is 227 g/mol. The van der Waals surface area contributed by atoms with Crippen molar-refractivity contribution in [2.75, 3.05) is 6.54 Å². The quantitative estimate of drug-likeness (QED) is 0.800. The van der Waals surface area contributed by atoms with Gasteiger partial charge in [-0.2, -0.15) is 13.2 Å². The van der Waals surface area contributed by atoms with Crippen LogP contribution in [0.25, 0.3) is 0 Å². The van der Waals surface area contributed by atoms with Gasteiger partial charge >= 0.3 is 6.18 Å². The van der Waals surface area contributed by atoms with Crippen molar-refractivity contribution in [3.05, 3.63) is 10.0 Å². The smallest absolute Gasteiger partial charge is 0.310 e. The summed E-state index contributed by atoms with van der Waals surface area (Å²) >= 11 is 1.01. The molecule has 0 saturated heterocycles. The Morgan fingerprint density at radius 2 is 1.93 bits per heavy atom. The minimum absolute atomic E-state index is 0.0239. The zero-order valence-electron chi connectivity index (χ0n) is 8.26. The maximum atomic E-state index is 12.0. The van der Waals surface area contributed by atoms with Crippen LogP contribution in [0.15, 0.2) is 0 Å². The van der Waals surface area contributed by atoms with Gasteiger partial charge < -0.3 is 5.32 Å². The van der Waals surface area contributed by atoms with Crippen molar-refractivity contribution in [3.8, 4) is 0 Å². The summed E-state index contributed by atoms with van der Waals surface area (Å²) in [5.74, 6) is 0. The van der Waals surface area contributed by atoms with E-state index >= 15 is 0 Å². The third kappa shape index (κ3) is 5.08. The van der Waals surface area contributed by atoms with E-state index in [0.29, 0.717) is 11.6 Å². The molecule has 15 heavy (non-hydrogen) atoms. The Morgan fingerprint density at radius 1 is 1.27 bits per heavy atom. The molecule has 1 aromatic heterocycles. The first-order chi connectivity index (χ1) is 7.01. The highest BCUT2D eigenvalue weighted by atomic mass is 32.1. The summed E-state index contributed by atoms with van der Waals surface area (Å²) in [6, 6.07) is 0. The van der Waals surface area contributed by atoms with Crippen molar-refractivity contribution < 1.29 is 13.2 Å².